The van der Waals surface area contributed by atoms with Gasteiger partial charge in [-0.3, -0.25) is 4.79 Å². The number of carbonyl (C=O) groups is 2. The average Bonchev–Trinajstić information content (AvgIpc) is 3.33. The van der Waals surface area contributed by atoms with Gasteiger partial charge in [-0.05, 0) is 52.0 Å². The molecule has 0 aliphatic rings. The Morgan fingerprint density at radius 3 is 2.42 bits per heavy atom. The van der Waals surface area contributed by atoms with Gasteiger partial charge in [0.15, 0.2) is 12.4 Å². The molecule has 0 atom stereocenters. The van der Waals surface area contributed by atoms with Crippen LogP contribution in [0.1, 0.15) is 33.0 Å². The van der Waals surface area contributed by atoms with Crippen molar-refractivity contribution in [2.45, 2.75) is 27.7 Å². The minimum Gasteiger partial charge on any atom is -0.452 e. The van der Waals surface area contributed by atoms with E-state index in [4.69, 9.17) is 4.74 Å². The quantitative estimate of drug-likeness (QED) is 0.457. The second-order valence-electron chi connectivity index (χ2n) is 7.66. The summed E-state index contributed by atoms with van der Waals surface area (Å²) in [5.41, 5.74) is 4.93. The van der Waals surface area contributed by atoms with Crippen molar-refractivity contribution in [1.82, 2.24) is 24.5 Å². The van der Waals surface area contributed by atoms with Gasteiger partial charge >= 0.3 is 5.97 Å². The van der Waals surface area contributed by atoms with Gasteiger partial charge in [0.25, 0.3) is 5.91 Å². The highest BCUT2D eigenvalue weighted by molar-refractivity contribution is 5.96. The van der Waals surface area contributed by atoms with Gasteiger partial charge in [-0.2, -0.15) is 10.2 Å². The zero-order valence-electron chi connectivity index (χ0n) is 18.9. The summed E-state index contributed by atoms with van der Waals surface area (Å²) in [4.78, 5) is 29.2. The number of amides is 1. The summed E-state index contributed by atoms with van der Waals surface area (Å²) in [5, 5.41) is 11.5. The van der Waals surface area contributed by atoms with E-state index in [1.54, 1.807) is 34.6 Å². The average molecular weight is 444 g/mol. The van der Waals surface area contributed by atoms with E-state index in [1.165, 1.54) is 6.20 Å². The van der Waals surface area contributed by atoms with Gasteiger partial charge in [0, 0.05) is 6.20 Å². The molecule has 9 heteroatoms. The summed E-state index contributed by atoms with van der Waals surface area (Å²) >= 11 is 0. The number of aromatic nitrogens is 5. The molecule has 0 radical (unpaired) electrons. The van der Waals surface area contributed by atoms with Crippen LogP contribution in [0.2, 0.25) is 0 Å². The molecular formula is C24H24N6O3. The molecule has 0 saturated heterocycles. The number of pyridine rings is 1. The smallest absolute Gasteiger partial charge is 0.342 e. The van der Waals surface area contributed by atoms with E-state index in [9.17, 15) is 9.59 Å². The summed E-state index contributed by atoms with van der Waals surface area (Å²) in [6.07, 6.45) is 3.05. The molecule has 0 aliphatic heterocycles. The van der Waals surface area contributed by atoms with Gasteiger partial charge in [-0.15, -0.1) is 0 Å². The number of nitrogens with zero attached hydrogens (tertiary/aromatic N) is 5. The summed E-state index contributed by atoms with van der Waals surface area (Å²) < 4.78 is 8.54. The topological polar surface area (TPSA) is 104 Å². The fourth-order valence-corrected chi connectivity index (χ4v) is 3.47. The van der Waals surface area contributed by atoms with Crippen molar-refractivity contribution >= 4 is 17.6 Å². The van der Waals surface area contributed by atoms with Crippen LogP contribution in [0.5, 0.6) is 0 Å². The standard InChI is InChI=1S/C24H24N6O3/c1-15-8-10-19(11-9-15)29-18(4)23(16(2)28-29)27-22(31)14-33-24(32)20-13-26-30(17(20)3)21-7-5-6-12-25-21/h5-13H,14H2,1-4H3,(H,27,31). The third-order valence-electron chi connectivity index (χ3n) is 5.26. The summed E-state index contributed by atoms with van der Waals surface area (Å²) in [7, 11) is 0. The maximum Gasteiger partial charge on any atom is 0.342 e. The molecule has 3 aromatic heterocycles. The predicted molar refractivity (Wildman–Crippen MR) is 123 cm³/mol. The zero-order chi connectivity index (χ0) is 23.5. The van der Waals surface area contributed by atoms with Crippen molar-refractivity contribution in [3.05, 3.63) is 83.1 Å². The van der Waals surface area contributed by atoms with E-state index in [2.05, 4.69) is 20.5 Å². The second kappa shape index (κ2) is 9.07. The summed E-state index contributed by atoms with van der Waals surface area (Å²) in [6.45, 7) is 7.01. The molecule has 9 nitrogen and oxygen atoms in total. The lowest BCUT2D eigenvalue weighted by Gasteiger charge is -2.08. The van der Waals surface area contributed by atoms with E-state index < -0.39 is 18.5 Å². The second-order valence-corrected chi connectivity index (χ2v) is 7.66. The molecule has 0 aliphatic carbocycles. The van der Waals surface area contributed by atoms with Crippen LogP contribution in [0.15, 0.2) is 54.9 Å². The van der Waals surface area contributed by atoms with Crippen molar-refractivity contribution in [3.8, 4) is 11.5 Å². The monoisotopic (exact) mass is 444 g/mol. The highest BCUT2D eigenvalue weighted by Gasteiger charge is 2.20. The molecule has 168 valence electrons. The van der Waals surface area contributed by atoms with E-state index in [-0.39, 0.29) is 5.56 Å². The first-order chi connectivity index (χ1) is 15.8. The molecule has 0 unspecified atom stereocenters. The molecular weight excluding hydrogens is 420 g/mol. The number of aryl methyl sites for hydroxylation is 2. The van der Waals surface area contributed by atoms with E-state index in [0.29, 0.717) is 22.9 Å². The van der Waals surface area contributed by atoms with Crippen LogP contribution in [-0.2, 0) is 9.53 Å². The Morgan fingerprint density at radius 1 is 0.970 bits per heavy atom. The van der Waals surface area contributed by atoms with Gasteiger partial charge in [0.1, 0.15) is 5.56 Å². The number of hydrogen-bond acceptors (Lipinski definition) is 6. The molecule has 33 heavy (non-hydrogen) atoms. The van der Waals surface area contributed by atoms with Crippen LogP contribution in [0.25, 0.3) is 11.5 Å². The van der Waals surface area contributed by atoms with Crippen molar-refractivity contribution in [1.29, 1.82) is 0 Å². The highest BCUT2D eigenvalue weighted by Crippen LogP contribution is 2.23. The molecule has 1 N–H and O–H groups in total. The van der Waals surface area contributed by atoms with Crippen LogP contribution in [0.4, 0.5) is 5.69 Å². The van der Waals surface area contributed by atoms with Crippen molar-refractivity contribution in [2.24, 2.45) is 0 Å². The molecule has 1 amide bonds. The molecule has 0 saturated carbocycles. The van der Waals surface area contributed by atoms with Crippen LogP contribution in [-0.4, -0.2) is 43.0 Å². The third kappa shape index (κ3) is 4.52. The Hall–Kier alpha value is -4.27. The molecule has 4 aromatic rings. The van der Waals surface area contributed by atoms with Crippen LogP contribution >= 0.6 is 0 Å². The predicted octanol–water partition coefficient (Wildman–Crippen LogP) is 3.48. The maximum absolute atomic E-state index is 12.5. The number of carbonyl (C=O) groups excluding carboxylic acids is 2. The maximum atomic E-state index is 12.5. The Balaban J connectivity index is 1.42. The van der Waals surface area contributed by atoms with Gasteiger partial charge in [-0.1, -0.05) is 23.8 Å². The van der Waals surface area contributed by atoms with Crippen molar-refractivity contribution < 1.29 is 14.3 Å². The first-order valence-electron chi connectivity index (χ1n) is 10.4. The first-order valence-corrected chi connectivity index (χ1v) is 10.4. The van der Waals surface area contributed by atoms with Crippen LogP contribution in [0, 0.1) is 27.7 Å². The summed E-state index contributed by atoms with van der Waals surface area (Å²) in [6, 6.07) is 13.3. The fraction of sp³-hybridized carbons (Fsp3) is 0.208. The van der Waals surface area contributed by atoms with Gasteiger partial charge in [0.2, 0.25) is 0 Å². The highest BCUT2D eigenvalue weighted by atomic mass is 16.5. The van der Waals surface area contributed by atoms with E-state index >= 15 is 0 Å². The molecule has 0 fully saturated rings. The lowest BCUT2D eigenvalue weighted by molar-refractivity contribution is -0.119. The Kier molecular flexibility index (Phi) is 6.03. The molecule has 0 spiro atoms. The number of nitrogens with one attached hydrogen (secondary N) is 1. The third-order valence-corrected chi connectivity index (χ3v) is 5.26. The van der Waals surface area contributed by atoms with Gasteiger partial charge in [0.05, 0.1) is 34.7 Å². The zero-order valence-corrected chi connectivity index (χ0v) is 18.9. The minimum atomic E-state index is -0.631. The van der Waals surface area contributed by atoms with Crippen molar-refractivity contribution in [2.75, 3.05) is 11.9 Å². The number of rotatable bonds is 6. The minimum absolute atomic E-state index is 0.271. The van der Waals surface area contributed by atoms with Gasteiger partial charge < -0.3 is 10.1 Å². The Morgan fingerprint density at radius 2 is 1.73 bits per heavy atom. The normalized spacial score (nSPS) is 10.8. The molecule has 1 aromatic carbocycles. The number of anilines is 1. The summed E-state index contributed by atoms with van der Waals surface area (Å²) in [5.74, 6) is -0.496. The van der Waals surface area contributed by atoms with E-state index in [0.717, 1.165) is 16.9 Å². The lowest BCUT2D eigenvalue weighted by Crippen LogP contribution is -2.21. The van der Waals surface area contributed by atoms with Crippen LogP contribution in [0.3, 0.4) is 0 Å². The first kappa shape index (κ1) is 21.9. The van der Waals surface area contributed by atoms with Gasteiger partial charge in [-0.25, -0.2) is 19.1 Å². The Labute approximate surface area is 191 Å². The number of hydrogen-bond donors (Lipinski definition) is 1. The molecule has 0 bridgehead atoms. The SMILES string of the molecule is Cc1ccc(-n2nc(C)c(NC(=O)COC(=O)c3cnn(-c4ccccn4)c3C)c2C)cc1. The van der Waals surface area contributed by atoms with Crippen molar-refractivity contribution in [3.63, 3.8) is 0 Å². The lowest BCUT2D eigenvalue weighted by atomic mass is 10.2. The molecule has 4 rings (SSSR count). The molecule has 3 heterocycles. The largest absolute Gasteiger partial charge is 0.452 e. The van der Waals surface area contributed by atoms with E-state index in [1.807, 2.05) is 51.1 Å². The Bertz CT molecular complexity index is 1310. The fourth-order valence-electron chi connectivity index (χ4n) is 3.47. The van der Waals surface area contributed by atoms with Crippen LogP contribution < -0.4 is 5.32 Å². The number of benzene rings is 1. The number of ether oxygens (including phenoxy) is 1. The number of esters is 1.